The van der Waals surface area contributed by atoms with Gasteiger partial charge in [0.1, 0.15) is 5.75 Å². The third-order valence-electron chi connectivity index (χ3n) is 3.35. The molecule has 0 radical (unpaired) electrons. The van der Waals surface area contributed by atoms with E-state index in [-0.39, 0.29) is 10.8 Å². The standard InChI is InChI=1S/C16H16ClF2NO/c1-10-4-3-5-12(11(10)2)9-20-13-6-7-15(14(17)8-13)21-16(18)19/h3-8,16,20H,9H2,1-2H3. The van der Waals surface area contributed by atoms with Gasteiger partial charge in [0, 0.05) is 12.2 Å². The van der Waals surface area contributed by atoms with Crippen LogP contribution >= 0.6 is 11.6 Å². The van der Waals surface area contributed by atoms with Crippen LogP contribution in [0.1, 0.15) is 16.7 Å². The lowest BCUT2D eigenvalue weighted by atomic mass is 10.0. The first-order valence-corrected chi connectivity index (χ1v) is 6.88. The minimum atomic E-state index is -2.88. The predicted octanol–water partition coefficient (Wildman–Crippen LogP) is 5.17. The number of ether oxygens (including phenoxy) is 1. The van der Waals surface area contributed by atoms with Crippen molar-refractivity contribution in [1.29, 1.82) is 0 Å². The molecule has 0 atom stereocenters. The van der Waals surface area contributed by atoms with Crippen molar-refractivity contribution < 1.29 is 13.5 Å². The van der Waals surface area contributed by atoms with Crippen molar-refractivity contribution in [2.24, 2.45) is 0 Å². The molecule has 5 heteroatoms. The number of hydrogen-bond donors (Lipinski definition) is 1. The van der Waals surface area contributed by atoms with Crippen LogP contribution in [-0.2, 0) is 6.54 Å². The number of benzene rings is 2. The Morgan fingerprint density at radius 2 is 1.95 bits per heavy atom. The minimum Gasteiger partial charge on any atom is -0.433 e. The van der Waals surface area contributed by atoms with Gasteiger partial charge in [-0.15, -0.1) is 0 Å². The van der Waals surface area contributed by atoms with Crippen molar-refractivity contribution in [1.82, 2.24) is 0 Å². The van der Waals surface area contributed by atoms with Crippen molar-refractivity contribution in [2.45, 2.75) is 27.0 Å². The van der Waals surface area contributed by atoms with E-state index < -0.39 is 6.61 Å². The molecular formula is C16H16ClF2NO. The Morgan fingerprint density at radius 3 is 2.62 bits per heavy atom. The van der Waals surface area contributed by atoms with Crippen molar-refractivity contribution in [3.63, 3.8) is 0 Å². The average Bonchev–Trinajstić information content (AvgIpc) is 2.43. The number of alkyl halides is 2. The first-order valence-electron chi connectivity index (χ1n) is 6.50. The van der Waals surface area contributed by atoms with Crippen LogP contribution in [0.3, 0.4) is 0 Å². The summed E-state index contributed by atoms with van der Waals surface area (Å²) in [5.41, 5.74) is 4.39. The topological polar surface area (TPSA) is 21.3 Å². The summed E-state index contributed by atoms with van der Waals surface area (Å²) in [6.07, 6.45) is 0. The Morgan fingerprint density at radius 1 is 1.19 bits per heavy atom. The number of rotatable bonds is 5. The van der Waals surface area contributed by atoms with Crippen LogP contribution in [0.15, 0.2) is 36.4 Å². The Kier molecular flexibility index (Phi) is 5.02. The van der Waals surface area contributed by atoms with Crippen LogP contribution in [0.25, 0.3) is 0 Å². The van der Waals surface area contributed by atoms with Crippen molar-refractivity contribution in [3.05, 3.63) is 58.1 Å². The maximum absolute atomic E-state index is 12.2. The van der Waals surface area contributed by atoms with Crippen molar-refractivity contribution in [2.75, 3.05) is 5.32 Å². The number of anilines is 1. The fourth-order valence-electron chi connectivity index (χ4n) is 2.00. The van der Waals surface area contributed by atoms with Gasteiger partial charge in [-0.3, -0.25) is 0 Å². The second-order valence-electron chi connectivity index (χ2n) is 4.74. The summed E-state index contributed by atoms with van der Waals surface area (Å²) in [4.78, 5) is 0. The van der Waals surface area contributed by atoms with Gasteiger partial charge in [0.25, 0.3) is 0 Å². The molecule has 21 heavy (non-hydrogen) atoms. The second-order valence-corrected chi connectivity index (χ2v) is 5.14. The van der Waals surface area contributed by atoms with Crippen LogP contribution in [0, 0.1) is 13.8 Å². The number of aryl methyl sites for hydroxylation is 1. The highest BCUT2D eigenvalue weighted by Crippen LogP contribution is 2.29. The SMILES string of the molecule is Cc1cccc(CNc2ccc(OC(F)F)c(Cl)c2)c1C. The summed E-state index contributed by atoms with van der Waals surface area (Å²) < 4.78 is 28.6. The average molecular weight is 312 g/mol. The molecule has 0 aliphatic carbocycles. The van der Waals surface area contributed by atoms with Crippen LogP contribution < -0.4 is 10.1 Å². The lowest BCUT2D eigenvalue weighted by Crippen LogP contribution is -2.04. The zero-order chi connectivity index (χ0) is 15.4. The highest BCUT2D eigenvalue weighted by Gasteiger charge is 2.09. The Labute approximate surface area is 127 Å². The van der Waals surface area contributed by atoms with Gasteiger partial charge in [-0.1, -0.05) is 29.8 Å². The maximum atomic E-state index is 12.2. The fraction of sp³-hybridized carbons (Fsp3) is 0.250. The summed E-state index contributed by atoms with van der Waals surface area (Å²) >= 11 is 5.91. The molecule has 2 nitrogen and oxygen atoms in total. The Hall–Kier alpha value is -1.81. The van der Waals surface area contributed by atoms with E-state index in [0.29, 0.717) is 6.54 Å². The minimum absolute atomic E-state index is 0.0241. The van der Waals surface area contributed by atoms with E-state index >= 15 is 0 Å². The first-order chi connectivity index (χ1) is 9.97. The lowest BCUT2D eigenvalue weighted by molar-refractivity contribution is -0.0497. The summed E-state index contributed by atoms with van der Waals surface area (Å²) in [6, 6.07) is 10.8. The summed E-state index contributed by atoms with van der Waals surface area (Å²) in [5.74, 6) is -0.0241. The van der Waals surface area contributed by atoms with Crippen LogP contribution in [0.5, 0.6) is 5.75 Å². The van der Waals surface area contributed by atoms with Crippen LogP contribution in [0.4, 0.5) is 14.5 Å². The van der Waals surface area contributed by atoms with E-state index in [0.717, 1.165) is 5.69 Å². The molecule has 0 bridgehead atoms. The molecule has 0 spiro atoms. The van der Waals surface area contributed by atoms with E-state index in [4.69, 9.17) is 11.6 Å². The molecule has 0 aliphatic heterocycles. The van der Waals surface area contributed by atoms with Gasteiger partial charge < -0.3 is 10.1 Å². The Bertz CT molecular complexity index is 632. The molecule has 0 unspecified atom stereocenters. The molecule has 1 N–H and O–H groups in total. The van der Waals surface area contributed by atoms with Gasteiger partial charge in [0.2, 0.25) is 0 Å². The highest BCUT2D eigenvalue weighted by molar-refractivity contribution is 6.32. The molecule has 0 fully saturated rings. The summed E-state index contributed by atoms with van der Waals surface area (Å²) in [7, 11) is 0. The number of nitrogens with one attached hydrogen (secondary N) is 1. The predicted molar refractivity (Wildman–Crippen MR) is 81.3 cm³/mol. The van der Waals surface area contributed by atoms with E-state index in [1.807, 2.05) is 12.1 Å². The third kappa shape index (κ3) is 4.08. The Balaban J connectivity index is 2.07. The summed E-state index contributed by atoms with van der Waals surface area (Å²) in [6.45, 7) is 1.89. The molecule has 0 saturated heterocycles. The van der Waals surface area contributed by atoms with E-state index in [2.05, 4.69) is 30.0 Å². The zero-order valence-electron chi connectivity index (χ0n) is 11.8. The molecule has 2 aromatic carbocycles. The quantitative estimate of drug-likeness (QED) is 0.822. The van der Waals surface area contributed by atoms with Gasteiger partial charge in [-0.25, -0.2) is 0 Å². The molecular weight excluding hydrogens is 296 g/mol. The first kappa shape index (κ1) is 15.6. The smallest absolute Gasteiger partial charge is 0.387 e. The molecule has 112 valence electrons. The van der Waals surface area contributed by atoms with Gasteiger partial charge in [-0.2, -0.15) is 8.78 Å². The number of hydrogen-bond acceptors (Lipinski definition) is 2. The van der Waals surface area contributed by atoms with E-state index in [1.165, 1.54) is 22.8 Å². The van der Waals surface area contributed by atoms with Crippen LogP contribution in [0.2, 0.25) is 5.02 Å². The molecule has 0 saturated carbocycles. The number of halogens is 3. The zero-order valence-corrected chi connectivity index (χ0v) is 12.5. The molecule has 0 amide bonds. The van der Waals surface area contributed by atoms with Crippen molar-refractivity contribution >= 4 is 17.3 Å². The molecule has 2 rings (SSSR count). The molecule has 0 aliphatic rings. The van der Waals surface area contributed by atoms with Gasteiger partial charge in [0.15, 0.2) is 0 Å². The fourth-order valence-corrected chi connectivity index (χ4v) is 2.23. The van der Waals surface area contributed by atoms with Crippen molar-refractivity contribution in [3.8, 4) is 5.75 Å². The molecule has 0 aromatic heterocycles. The van der Waals surface area contributed by atoms with Gasteiger partial charge in [0.05, 0.1) is 5.02 Å². The monoisotopic (exact) mass is 311 g/mol. The largest absolute Gasteiger partial charge is 0.433 e. The lowest BCUT2D eigenvalue weighted by Gasteiger charge is -2.12. The van der Waals surface area contributed by atoms with Gasteiger partial charge in [-0.05, 0) is 48.7 Å². The van der Waals surface area contributed by atoms with Crippen LogP contribution in [-0.4, -0.2) is 6.61 Å². The normalized spacial score (nSPS) is 10.8. The third-order valence-corrected chi connectivity index (χ3v) is 3.64. The molecule has 2 aromatic rings. The van der Waals surface area contributed by atoms with E-state index in [9.17, 15) is 8.78 Å². The van der Waals surface area contributed by atoms with Gasteiger partial charge >= 0.3 is 6.61 Å². The highest BCUT2D eigenvalue weighted by atomic mass is 35.5. The van der Waals surface area contributed by atoms with E-state index in [1.54, 1.807) is 12.1 Å². The second kappa shape index (κ2) is 6.76. The molecule has 0 heterocycles. The summed E-state index contributed by atoms with van der Waals surface area (Å²) in [5, 5.41) is 3.38. The maximum Gasteiger partial charge on any atom is 0.387 e.